The van der Waals surface area contributed by atoms with E-state index in [4.69, 9.17) is 9.47 Å². The number of nitrogens with zero attached hydrogens (tertiary/aromatic N) is 2. The minimum atomic E-state index is -1.69. The highest BCUT2D eigenvalue weighted by atomic mass is 32.1. The van der Waals surface area contributed by atoms with Gasteiger partial charge in [0.05, 0.1) is 19.2 Å². The van der Waals surface area contributed by atoms with E-state index < -0.39 is 18.8 Å². The quantitative estimate of drug-likeness (QED) is 0.786. The molecule has 0 aliphatic heterocycles. The average molecular weight is 364 g/mol. The zero-order valence-corrected chi connectivity index (χ0v) is 15.4. The second-order valence-corrected chi connectivity index (χ2v) is 7.18. The Labute approximate surface area is 151 Å². The van der Waals surface area contributed by atoms with Crippen LogP contribution >= 0.6 is 11.3 Å². The zero-order chi connectivity index (χ0) is 18.6. The van der Waals surface area contributed by atoms with Crippen molar-refractivity contribution in [1.29, 1.82) is 0 Å². The van der Waals surface area contributed by atoms with Gasteiger partial charge in [-0.3, -0.25) is 0 Å². The van der Waals surface area contributed by atoms with Crippen LogP contribution < -0.4 is 15.2 Å². The summed E-state index contributed by atoms with van der Waals surface area (Å²) in [6, 6.07) is 7.28. The first kappa shape index (κ1) is 19.2. The molecule has 2 rings (SSSR count). The van der Waals surface area contributed by atoms with E-state index in [1.807, 2.05) is 12.1 Å². The number of rotatable bonds is 5. The third kappa shape index (κ3) is 5.45. The Kier molecular flexibility index (Phi) is 6.04. The molecule has 0 unspecified atom stereocenters. The van der Waals surface area contributed by atoms with Crippen LogP contribution in [0.1, 0.15) is 26.3 Å². The number of aromatic nitrogens is 1. The topological polar surface area (TPSA) is 92.1 Å². The number of thiazole rings is 1. The van der Waals surface area contributed by atoms with Crippen LogP contribution in [0.4, 0.5) is 9.93 Å². The molecule has 0 saturated heterocycles. The van der Waals surface area contributed by atoms with Crippen LogP contribution in [0.25, 0.3) is 0 Å². The van der Waals surface area contributed by atoms with Gasteiger partial charge in [-0.15, -0.1) is 11.3 Å². The number of ether oxygens (including phenoxy) is 2. The summed E-state index contributed by atoms with van der Waals surface area (Å²) in [5.74, 6) is 0.715. The summed E-state index contributed by atoms with van der Waals surface area (Å²) in [5, 5.41) is 20.3. The molecule has 1 aromatic carbocycles. The van der Waals surface area contributed by atoms with Crippen LogP contribution in [0.2, 0.25) is 0 Å². The second-order valence-electron chi connectivity index (χ2n) is 6.34. The van der Waals surface area contributed by atoms with Gasteiger partial charge in [0.1, 0.15) is 11.4 Å². The fourth-order valence-electron chi connectivity index (χ4n) is 1.96. The fraction of sp³-hybridized carbons (Fsp3) is 0.375. The summed E-state index contributed by atoms with van der Waals surface area (Å²) in [5.41, 5.74) is 0.280. The minimum Gasteiger partial charge on any atom is -0.497 e. The maximum absolute atomic E-state index is 12.6. The Morgan fingerprint density at radius 3 is 2.40 bits per heavy atom. The van der Waals surface area contributed by atoms with Crippen LogP contribution in [-0.2, 0) is 11.3 Å². The zero-order valence-electron chi connectivity index (χ0n) is 14.6. The number of hydrogen-bond acceptors (Lipinski definition) is 7. The van der Waals surface area contributed by atoms with E-state index in [1.54, 1.807) is 40.0 Å². The Balaban J connectivity index is 2.28. The Morgan fingerprint density at radius 2 is 1.92 bits per heavy atom. The van der Waals surface area contributed by atoms with Crippen molar-refractivity contribution in [2.45, 2.75) is 32.9 Å². The van der Waals surface area contributed by atoms with Gasteiger partial charge in [0.25, 0.3) is 0 Å². The Hall–Kier alpha value is -2.10. The van der Waals surface area contributed by atoms with Crippen molar-refractivity contribution in [2.75, 3.05) is 12.0 Å². The van der Waals surface area contributed by atoms with Crippen molar-refractivity contribution in [2.24, 2.45) is 0 Å². The van der Waals surface area contributed by atoms with Gasteiger partial charge < -0.3 is 19.5 Å². The first-order chi connectivity index (χ1) is 11.7. The number of carbonyl (C=O) groups excluding carboxylic acids is 1. The van der Waals surface area contributed by atoms with Crippen molar-refractivity contribution in [3.8, 4) is 5.75 Å². The molecule has 1 amide bonds. The minimum absolute atomic E-state index is 0.0864. The first-order valence-corrected chi connectivity index (χ1v) is 8.52. The lowest BCUT2D eigenvalue weighted by Gasteiger charge is -2.26. The van der Waals surface area contributed by atoms with Crippen LogP contribution in [0.3, 0.4) is 0 Å². The van der Waals surface area contributed by atoms with Crippen molar-refractivity contribution < 1.29 is 24.3 Å². The van der Waals surface area contributed by atoms with E-state index in [0.29, 0.717) is 10.9 Å². The summed E-state index contributed by atoms with van der Waals surface area (Å²) in [4.78, 5) is 18.1. The molecule has 0 saturated carbocycles. The highest BCUT2D eigenvalue weighted by Gasteiger charge is 2.27. The third-order valence-corrected chi connectivity index (χ3v) is 4.00. The largest absolute Gasteiger partial charge is 0.509 e. The summed E-state index contributed by atoms with van der Waals surface area (Å²) >= 11 is 1.14. The Morgan fingerprint density at radius 1 is 1.28 bits per heavy atom. The second kappa shape index (κ2) is 7.86. The molecule has 134 valence electrons. The molecule has 1 heterocycles. The van der Waals surface area contributed by atoms with Gasteiger partial charge in [0.2, 0.25) is 0 Å². The van der Waals surface area contributed by atoms with Gasteiger partial charge >= 0.3 is 13.2 Å². The average Bonchev–Trinajstić information content (AvgIpc) is 3.01. The molecule has 9 heteroatoms. The molecular formula is C16H21BN2O5S. The van der Waals surface area contributed by atoms with E-state index in [2.05, 4.69) is 4.98 Å². The molecule has 1 aromatic heterocycles. The smallest absolute Gasteiger partial charge is 0.497 e. The lowest BCUT2D eigenvalue weighted by molar-refractivity contribution is 0.0577. The molecule has 0 atom stereocenters. The number of anilines is 1. The van der Waals surface area contributed by atoms with Crippen LogP contribution in [0.5, 0.6) is 5.75 Å². The number of benzene rings is 1. The fourth-order valence-corrected chi connectivity index (χ4v) is 2.78. The van der Waals surface area contributed by atoms with Crippen LogP contribution in [-0.4, -0.2) is 41.0 Å². The van der Waals surface area contributed by atoms with Gasteiger partial charge in [-0.2, -0.15) is 0 Å². The molecule has 0 aliphatic carbocycles. The van der Waals surface area contributed by atoms with E-state index in [0.717, 1.165) is 16.9 Å². The van der Waals surface area contributed by atoms with E-state index in [1.165, 1.54) is 10.3 Å². The van der Waals surface area contributed by atoms with Crippen LogP contribution in [0, 0.1) is 0 Å². The van der Waals surface area contributed by atoms with Gasteiger partial charge in [0, 0.05) is 5.38 Å². The van der Waals surface area contributed by atoms with Crippen molar-refractivity contribution in [1.82, 2.24) is 4.98 Å². The maximum atomic E-state index is 12.6. The summed E-state index contributed by atoms with van der Waals surface area (Å²) in [6.45, 7) is 5.57. The molecule has 7 nitrogen and oxygen atoms in total. The number of hydrogen-bond donors (Lipinski definition) is 2. The standard InChI is InChI=1S/C16H21BN2O5S/c1-16(2,3)24-15(20)19(14-18-13(10-25-14)17(21)22)9-11-5-7-12(23-4)8-6-11/h5-8,10,21-22H,9H2,1-4H3. The van der Waals surface area contributed by atoms with Gasteiger partial charge in [-0.05, 0) is 38.5 Å². The van der Waals surface area contributed by atoms with Crippen molar-refractivity contribution >= 4 is 35.3 Å². The molecular weight excluding hydrogens is 343 g/mol. The van der Waals surface area contributed by atoms with E-state index >= 15 is 0 Å². The molecule has 0 fully saturated rings. The highest BCUT2D eigenvalue weighted by molar-refractivity contribution is 7.14. The lowest BCUT2D eigenvalue weighted by atomic mass is 9.88. The summed E-state index contributed by atoms with van der Waals surface area (Å²) in [6.07, 6.45) is -0.559. The monoisotopic (exact) mass is 364 g/mol. The maximum Gasteiger partial charge on any atom is 0.509 e. The van der Waals surface area contributed by atoms with Crippen LogP contribution in [0.15, 0.2) is 29.6 Å². The molecule has 0 spiro atoms. The first-order valence-electron chi connectivity index (χ1n) is 7.64. The normalized spacial score (nSPS) is 11.1. The van der Waals surface area contributed by atoms with Gasteiger partial charge in [0.15, 0.2) is 5.13 Å². The molecule has 2 aromatic rings. The molecule has 2 N–H and O–H groups in total. The van der Waals surface area contributed by atoms with E-state index in [-0.39, 0.29) is 12.1 Å². The van der Waals surface area contributed by atoms with Gasteiger partial charge in [-0.25, -0.2) is 14.7 Å². The Bertz CT molecular complexity index is 712. The summed E-state index contributed by atoms with van der Waals surface area (Å²) in [7, 11) is -0.106. The molecule has 0 radical (unpaired) electrons. The molecule has 0 bridgehead atoms. The molecule has 25 heavy (non-hydrogen) atoms. The van der Waals surface area contributed by atoms with Crippen molar-refractivity contribution in [3.63, 3.8) is 0 Å². The SMILES string of the molecule is COc1ccc(CN(C(=O)OC(C)(C)C)c2nc(B(O)O)cs2)cc1. The van der Waals surface area contributed by atoms with E-state index in [9.17, 15) is 14.8 Å². The number of carbonyl (C=O) groups is 1. The molecule has 0 aliphatic rings. The summed E-state index contributed by atoms with van der Waals surface area (Å²) < 4.78 is 10.6. The predicted molar refractivity (Wildman–Crippen MR) is 97.4 cm³/mol. The third-order valence-electron chi connectivity index (χ3n) is 3.12. The van der Waals surface area contributed by atoms with Crippen molar-refractivity contribution in [3.05, 3.63) is 35.2 Å². The number of amides is 1. The van der Waals surface area contributed by atoms with Gasteiger partial charge in [-0.1, -0.05) is 12.1 Å². The predicted octanol–water partition coefficient (Wildman–Crippen LogP) is 1.77. The lowest BCUT2D eigenvalue weighted by Crippen LogP contribution is -2.37. The highest BCUT2D eigenvalue weighted by Crippen LogP contribution is 2.23. The number of methoxy groups -OCH3 is 1.